The van der Waals surface area contributed by atoms with Gasteiger partial charge in [0.1, 0.15) is 23.0 Å². The average Bonchev–Trinajstić information content (AvgIpc) is 2.75. The van der Waals surface area contributed by atoms with E-state index in [1.807, 2.05) is 48.5 Å². The minimum Gasteiger partial charge on any atom is -0.457 e. The molecule has 4 aromatic carbocycles. The third-order valence-corrected chi connectivity index (χ3v) is 5.11. The first kappa shape index (κ1) is 20.0. The lowest BCUT2D eigenvalue weighted by Gasteiger charge is -2.10. The van der Waals surface area contributed by atoms with Crippen molar-refractivity contribution in [3.63, 3.8) is 0 Å². The lowest BCUT2D eigenvalue weighted by molar-refractivity contribution is 0.482. The van der Waals surface area contributed by atoms with Crippen molar-refractivity contribution in [2.75, 3.05) is 11.5 Å². The molecule has 4 N–H and O–H groups in total. The van der Waals surface area contributed by atoms with Crippen molar-refractivity contribution in [3.05, 3.63) is 95.0 Å². The normalized spacial score (nSPS) is 10.6. The van der Waals surface area contributed by atoms with Gasteiger partial charge in [0.05, 0.1) is 21.4 Å². The number of benzene rings is 4. The molecule has 0 radical (unpaired) electrons. The van der Waals surface area contributed by atoms with Crippen LogP contribution in [0.1, 0.15) is 0 Å². The number of nitrogen functional groups attached to an aromatic ring is 2. The molecule has 0 amide bonds. The van der Waals surface area contributed by atoms with Crippen LogP contribution in [0.15, 0.2) is 84.9 Å². The molecule has 0 bridgehead atoms. The van der Waals surface area contributed by atoms with Gasteiger partial charge in [-0.25, -0.2) is 0 Å². The summed E-state index contributed by atoms with van der Waals surface area (Å²) in [5.41, 5.74) is 14.6. The van der Waals surface area contributed by atoms with Crippen LogP contribution in [0.25, 0.3) is 11.1 Å². The lowest BCUT2D eigenvalue weighted by Crippen LogP contribution is -1.89. The number of rotatable bonds is 5. The van der Waals surface area contributed by atoms with Gasteiger partial charge in [0.15, 0.2) is 0 Å². The highest BCUT2D eigenvalue weighted by molar-refractivity contribution is 6.33. The molecule has 0 atom stereocenters. The third-order valence-electron chi connectivity index (χ3n) is 4.46. The maximum Gasteiger partial charge on any atom is 0.129 e. The Hall–Kier alpha value is -3.34. The molecule has 0 aliphatic carbocycles. The van der Waals surface area contributed by atoms with Gasteiger partial charge in [-0.1, -0.05) is 47.5 Å². The molecule has 0 saturated heterocycles. The minimum absolute atomic E-state index is 0.465. The monoisotopic (exact) mass is 436 g/mol. The van der Waals surface area contributed by atoms with Gasteiger partial charge in [0.25, 0.3) is 0 Å². The Morgan fingerprint density at radius 1 is 0.467 bits per heavy atom. The summed E-state index contributed by atoms with van der Waals surface area (Å²) in [6.45, 7) is 0. The summed E-state index contributed by atoms with van der Waals surface area (Å²) in [7, 11) is 0. The van der Waals surface area contributed by atoms with Crippen LogP contribution < -0.4 is 20.9 Å². The summed E-state index contributed by atoms with van der Waals surface area (Å²) in [4.78, 5) is 0. The maximum absolute atomic E-state index is 6.04. The Morgan fingerprint density at radius 3 is 1.13 bits per heavy atom. The fourth-order valence-corrected chi connectivity index (χ4v) is 3.19. The molecule has 0 aliphatic rings. The number of halogens is 2. The SMILES string of the molecule is Nc1ccc(Oc2ccc(-c3ccc(Oc4ccc(N)c(Cl)c4)cc3)cc2)cc1Cl. The Kier molecular flexibility index (Phi) is 5.70. The molecular formula is C24H18Cl2N2O2. The van der Waals surface area contributed by atoms with Crippen LogP contribution >= 0.6 is 23.2 Å². The number of anilines is 2. The van der Waals surface area contributed by atoms with E-state index in [1.54, 1.807) is 36.4 Å². The van der Waals surface area contributed by atoms with Crippen LogP contribution in [-0.2, 0) is 0 Å². The predicted molar refractivity (Wildman–Crippen MR) is 124 cm³/mol. The highest BCUT2D eigenvalue weighted by atomic mass is 35.5. The van der Waals surface area contributed by atoms with Gasteiger partial charge in [-0.2, -0.15) is 0 Å². The summed E-state index contributed by atoms with van der Waals surface area (Å²) in [5.74, 6) is 2.68. The Morgan fingerprint density at radius 2 is 0.800 bits per heavy atom. The molecule has 30 heavy (non-hydrogen) atoms. The molecule has 4 aromatic rings. The van der Waals surface area contributed by atoms with Crippen LogP contribution in [0.2, 0.25) is 10.0 Å². The van der Waals surface area contributed by atoms with Crippen LogP contribution in [0.5, 0.6) is 23.0 Å². The van der Waals surface area contributed by atoms with E-state index >= 15 is 0 Å². The number of hydrogen-bond acceptors (Lipinski definition) is 4. The maximum atomic E-state index is 6.04. The number of hydrogen-bond donors (Lipinski definition) is 2. The first-order valence-electron chi connectivity index (χ1n) is 9.14. The van der Waals surface area contributed by atoms with Crippen LogP contribution in [-0.4, -0.2) is 0 Å². The van der Waals surface area contributed by atoms with Crippen molar-refractivity contribution < 1.29 is 9.47 Å². The quantitative estimate of drug-likeness (QED) is 0.319. The van der Waals surface area contributed by atoms with E-state index in [9.17, 15) is 0 Å². The molecule has 0 spiro atoms. The Labute approximate surface area is 184 Å². The van der Waals surface area contributed by atoms with E-state index in [-0.39, 0.29) is 0 Å². The van der Waals surface area contributed by atoms with E-state index in [0.29, 0.717) is 44.4 Å². The van der Waals surface area contributed by atoms with Crippen molar-refractivity contribution in [2.45, 2.75) is 0 Å². The second-order valence-corrected chi connectivity index (χ2v) is 7.43. The van der Waals surface area contributed by atoms with Gasteiger partial charge >= 0.3 is 0 Å². The van der Waals surface area contributed by atoms with Gasteiger partial charge in [-0.15, -0.1) is 0 Å². The lowest BCUT2D eigenvalue weighted by atomic mass is 10.1. The van der Waals surface area contributed by atoms with Crippen molar-refractivity contribution >= 4 is 34.6 Å². The Bertz CT molecular complexity index is 1080. The van der Waals surface area contributed by atoms with Gasteiger partial charge < -0.3 is 20.9 Å². The largest absolute Gasteiger partial charge is 0.457 e. The molecule has 150 valence electrons. The van der Waals surface area contributed by atoms with E-state index in [1.165, 1.54) is 0 Å². The summed E-state index contributed by atoms with van der Waals surface area (Å²) in [6, 6.07) is 25.9. The average molecular weight is 437 g/mol. The fraction of sp³-hybridized carbons (Fsp3) is 0. The molecule has 0 aliphatic heterocycles. The fourth-order valence-electron chi connectivity index (χ4n) is 2.85. The van der Waals surface area contributed by atoms with Gasteiger partial charge in [-0.05, 0) is 59.7 Å². The van der Waals surface area contributed by atoms with Crippen molar-refractivity contribution in [1.82, 2.24) is 0 Å². The molecule has 0 heterocycles. The second-order valence-electron chi connectivity index (χ2n) is 6.62. The second kappa shape index (κ2) is 8.57. The van der Waals surface area contributed by atoms with Crippen LogP contribution in [0.4, 0.5) is 11.4 Å². The minimum atomic E-state index is 0.465. The molecule has 6 heteroatoms. The smallest absolute Gasteiger partial charge is 0.129 e. The summed E-state index contributed by atoms with van der Waals surface area (Å²) in [5, 5.41) is 0.931. The summed E-state index contributed by atoms with van der Waals surface area (Å²) in [6.07, 6.45) is 0. The summed E-state index contributed by atoms with van der Waals surface area (Å²) < 4.78 is 11.7. The zero-order valence-electron chi connectivity index (χ0n) is 15.8. The van der Waals surface area contributed by atoms with Crippen LogP contribution in [0.3, 0.4) is 0 Å². The molecule has 0 unspecified atom stereocenters. The molecule has 0 fully saturated rings. The summed E-state index contributed by atoms with van der Waals surface area (Å²) >= 11 is 12.1. The third kappa shape index (κ3) is 4.62. The zero-order chi connectivity index (χ0) is 21.1. The van der Waals surface area contributed by atoms with Crippen LogP contribution in [0, 0.1) is 0 Å². The number of nitrogens with two attached hydrogens (primary N) is 2. The van der Waals surface area contributed by atoms with E-state index in [0.717, 1.165) is 11.1 Å². The van der Waals surface area contributed by atoms with Crippen molar-refractivity contribution in [2.24, 2.45) is 0 Å². The first-order chi connectivity index (χ1) is 14.5. The van der Waals surface area contributed by atoms with Crippen molar-refractivity contribution in [1.29, 1.82) is 0 Å². The number of ether oxygens (including phenoxy) is 2. The van der Waals surface area contributed by atoms with E-state index in [2.05, 4.69) is 0 Å². The highest BCUT2D eigenvalue weighted by Gasteiger charge is 2.05. The molecule has 0 saturated carbocycles. The van der Waals surface area contributed by atoms with Gasteiger partial charge in [-0.3, -0.25) is 0 Å². The van der Waals surface area contributed by atoms with Gasteiger partial charge in [0, 0.05) is 12.1 Å². The standard InChI is InChI=1S/C24H18Cl2N2O2/c25-21-13-19(9-11-23(21)27)29-17-5-1-15(2-6-17)16-3-7-18(8-4-16)30-20-10-12-24(28)22(26)14-20/h1-14H,27-28H2. The molecule has 4 rings (SSSR count). The molecular weight excluding hydrogens is 419 g/mol. The van der Waals surface area contributed by atoms with E-state index < -0.39 is 0 Å². The topological polar surface area (TPSA) is 70.5 Å². The zero-order valence-corrected chi connectivity index (χ0v) is 17.3. The molecule has 4 nitrogen and oxygen atoms in total. The highest BCUT2D eigenvalue weighted by Crippen LogP contribution is 2.31. The van der Waals surface area contributed by atoms with Crippen molar-refractivity contribution in [3.8, 4) is 34.1 Å². The van der Waals surface area contributed by atoms with Gasteiger partial charge in [0.2, 0.25) is 0 Å². The Balaban J connectivity index is 1.44. The first-order valence-corrected chi connectivity index (χ1v) is 9.90. The molecule has 0 aromatic heterocycles. The van der Waals surface area contributed by atoms with E-state index in [4.69, 9.17) is 44.1 Å². The predicted octanol–water partition coefficient (Wildman–Crippen LogP) is 7.41.